The fraction of sp³-hybridized carbons (Fsp3) is 0.0909. The summed E-state index contributed by atoms with van der Waals surface area (Å²) < 4.78 is 26.4. The standard InChI is InChI=1S/C22H13Cl2FN2O2/c1-12-4-3-5-13(2)22(12)29-18-9-20(21(25)16(11-27)15(18)10-26)28-19-8-14(23)6-7-17(19)24/h3-9H,1-2H3. The Bertz CT molecular complexity index is 1180. The summed E-state index contributed by atoms with van der Waals surface area (Å²) in [7, 11) is 0. The Morgan fingerprint density at radius 1 is 0.828 bits per heavy atom. The van der Waals surface area contributed by atoms with Gasteiger partial charge in [-0.15, -0.1) is 0 Å². The highest BCUT2D eigenvalue weighted by atomic mass is 35.5. The van der Waals surface area contributed by atoms with E-state index in [-0.39, 0.29) is 27.8 Å². The summed E-state index contributed by atoms with van der Waals surface area (Å²) in [5, 5.41) is 19.5. The summed E-state index contributed by atoms with van der Waals surface area (Å²) in [5.41, 5.74) is 0.927. The molecule has 3 aromatic carbocycles. The number of hydrogen-bond donors (Lipinski definition) is 0. The van der Waals surface area contributed by atoms with Crippen molar-refractivity contribution in [2.75, 3.05) is 0 Å². The van der Waals surface area contributed by atoms with Crippen LogP contribution in [0.15, 0.2) is 42.5 Å². The van der Waals surface area contributed by atoms with E-state index >= 15 is 0 Å². The van der Waals surface area contributed by atoms with Crippen LogP contribution in [-0.2, 0) is 0 Å². The third-order valence-corrected chi connectivity index (χ3v) is 4.70. The molecular weight excluding hydrogens is 414 g/mol. The molecule has 0 fully saturated rings. The molecule has 0 atom stereocenters. The summed E-state index contributed by atoms with van der Waals surface area (Å²) >= 11 is 12.0. The highest BCUT2D eigenvalue weighted by Gasteiger charge is 2.23. The molecule has 0 aliphatic carbocycles. The van der Waals surface area contributed by atoms with Gasteiger partial charge in [0.1, 0.15) is 34.8 Å². The highest BCUT2D eigenvalue weighted by molar-refractivity contribution is 6.34. The molecule has 0 aromatic heterocycles. The zero-order chi connectivity index (χ0) is 21.1. The van der Waals surface area contributed by atoms with Gasteiger partial charge in [-0.05, 0) is 37.1 Å². The van der Waals surface area contributed by atoms with Crippen LogP contribution in [0.5, 0.6) is 23.0 Å². The fourth-order valence-corrected chi connectivity index (χ4v) is 3.04. The van der Waals surface area contributed by atoms with Crippen molar-refractivity contribution in [2.45, 2.75) is 13.8 Å². The first-order chi connectivity index (χ1) is 13.8. The molecule has 0 heterocycles. The van der Waals surface area contributed by atoms with Crippen LogP contribution in [0.3, 0.4) is 0 Å². The largest absolute Gasteiger partial charge is 0.455 e. The van der Waals surface area contributed by atoms with Crippen LogP contribution < -0.4 is 9.47 Å². The van der Waals surface area contributed by atoms with Gasteiger partial charge < -0.3 is 9.47 Å². The Morgan fingerprint density at radius 2 is 1.48 bits per heavy atom. The molecule has 3 rings (SSSR count). The van der Waals surface area contributed by atoms with Crippen molar-refractivity contribution in [1.82, 2.24) is 0 Å². The first-order valence-electron chi connectivity index (χ1n) is 8.39. The molecule has 144 valence electrons. The third kappa shape index (κ3) is 4.12. The van der Waals surface area contributed by atoms with Crippen molar-refractivity contribution in [3.05, 3.63) is 80.6 Å². The van der Waals surface area contributed by atoms with Gasteiger partial charge in [-0.3, -0.25) is 0 Å². The lowest BCUT2D eigenvalue weighted by Gasteiger charge is -2.16. The van der Waals surface area contributed by atoms with E-state index in [9.17, 15) is 14.9 Å². The Kier molecular flexibility index (Phi) is 5.94. The van der Waals surface area contributed by atoms with E-state index in [1.165, 1.54) is 18.2 Å². The normalized spacial score (nSPS) is 10.2. The highest BCUT2D eigenvalue weighted by Crippen LogP contribution is 2.40. The molecule has 0 saturated heterocycles. The maximum absolute atomic E-state index is 14.9. The van der Waals surface area contributed by atoms with Crippen LogP contribution in [0.2, 0.25) is 10.0 Å². The molecule has 7 heteroatoms. The van der Waals surface area contributed by atoms with Crippen molar-refractivity contribution >= 4 is 23.2 Å². The molecule has 0 bridgehead atoms. The molecule has 0 saturated carbocycles. The Morgan fingerprint density at radius 3 is 2.10 bits per heavy atom. The number of aryl methyl sites for hydroxylation is 2. The Labute approximate surface area is 177 Å². The van der Waals surface area contributed by atoms with Gasteiger partial charge >= 0.3 is 0 Å². The Balaban J connectivity index is 2.16. The molecule has 0 spiro atoms. The molecule has 0 radical (unpaired) electrons. The molecule has 0 unspecified atom stereocenters. The maximum Gasteiger partial charge on any atom is 0.185 e. The zero-order valence-electron chi connectivity index (χ0n) is 15.4. The van der Waals surface area contributed by atoms with E-state index in [1.54, 1.807) is 12.1 Å². The second-order valence-electron chi connectivity index (χ2n) is 6.16. The number of ether oxygens (including phenoxy) is 2. The third-order valence-electron chi connectivity index (χ3n) is 4.15. The molecule has 0 N–H and O–H groups in total. The van der Waals surface area contributed by atoms with E-state index < -0.39 is 11.4 Å². The number of hydrogen-bond acceptors (Lipinski definition) is 4. The van der Waals surface area contributed by atoms with Crippen molar-refractivity contribution < 1.29 is 13.9 Å². The summed E-state index contributed by atoms with van der Waals surface area (Å²) in [6.07, 6.45) is 0. The molecule has 0 aliphatic heterocycles. The lowest BCUT2D eigenvalue weighted by molar-refractivity contribution is 0.427. The minimum atomic E-state index is -0.992. The monoisotopic (exact) mass is 426 g/mol. The van der Waals surface area contributed by atoms with Crippen LogP contribution >= 0.6 is 23.2 Å². The summed E-state index contributed by atoms with van der Waals surface area (Å²) in [6, 6.07) is 14.8. The molecule has 0 amide bonds. The molecule has 4 nitrogen and oxygen atoms in total. The molecule has 0 aliphatic rings. The Hall–Kier alpha value is -3.25. The fourth-order valence-electron chi connectivity index (χ4n) is 2.73. The number of halogens is 3. The average Bonchev–Trinajstić information content (AvgIpc) is 2.69. The van der Waals surface area contributed by atoms with Gasteiger partial charge in [0, 0.05) is 17.2 Å². The molecule has 3 aromatic rings. The summed E-state index contributed by atoms with van der Waals surface area (Å²) in [4.78, 5) is 0. The second-order valence-corrected chi connectivity index (χ2v) is 7.00. The summed E-state index contributed by atoms with van der Waals surface area (Å²) in [6.45, 7) is 3.68. The lowest BCUT2D eigenvalue weighted by Crippen LogP contribution is -2.00. The molecular formula is C22H13Cl2FN2O2. The topological polar surface area (TPSA) is 66.0 Å². The van der Waals surface area contributed by atoms with Gasteiger partial charge in [-0.2, -0.15) is 10.5 Å². The van der Waals surface area contributed by atoms with Crippen LogP contribution in [0.4, 0.5) is 4.39 Å². The van der Waals surface area contributed by atoms with Gasteiger partial charge in [0.25, 0.3) is 0 Å². The molecule has 29 heavy (non-hydrogen) atoms. The first kappa shape index (κ1) is 20.5. The lowest BCUT2D eigenvalue weighted by atomic mass is 10.1. The van der Waals surface area contributed by atoms with Crippen LogP contribution in [0, 0.1) is 42.3 Å². The predicted molar refractivity (Wildman–Crippen MR) is 108 cm³/mol. The number of nitriles is 2. The van der Waals surface area contributed by atoms with Gasteiger partial charge in [-0.25, -0.2) is 4.39 Å². The number of para-hydroxylation sites is 1. The van der Waals surface area contributed by atoms with Crippen molar-refractivity contribution in [2.24, 2.45) is 0 Å². The number of rotatable bonds is 4. The maximum atomic E-state index is 14.9. The van der Waals surface area contributed by atoms with Gasteiger partial charge in [0.05, 0.1) is 5.02 Å². The minimum Gasteiger partial charge on any atom is -0.455 e. The second kappa shape index (κ2) is 8.41. The smallest absolute Gasteiger partial charge is 0.185 e. The van der Waals surface area contributed by atoms with E-state index in [0.717, 1.165) is 11.1 Å². The number of benzene rings is 3. The van der Waals surface area contributed by atoms with Crippen molar-refractivity contribution in [1.29, 1.82) is 10.5 Å². The van der Waals surface area contributed by atoms with Crippen LogP contribution in [-0.4, -0.2) is 0 Å². The quantitative estimate of drug-likeness (QED) is 0.446. The zero-order valence-corrected chi connectivity index (χ0v) is 16.9. The number of nitrogens with zero attached hydrogens (tertiary/aromatic N) is 2. The van der Waals surface area contributed by atoms with Crippen molar-refractivity contribution in [3.63, 3.8) is 0 Å². The predicted octanol–water partition coefficient (Wildman–Crippen LogP) is 7.08. The SMILES string of the molecule is Cc1cccc(C)c1Oc1cc(Oc2cc(Cl)ccc2Cl)c(F)c(C#N)c1C#N. The first-order valence-corrected chi connectivity index (χ1v) is 9.15. The van der Waals surface area contributed by atoms with Crippen LogP contribution in [0.25, 0.3) is 0 Å². The summed E-state index contributed by atoms with van der Waals surface area (Å²) in [5.74, 6) is -0.702. The van der Waals surface area contributed by atoms with E-state index in [0.29, 0.717) is 10.8 Å². The van der Waals surface area contributed by atoms with Crippen molar-refractivity contribution in [3.8, 4) is 35.1 Å². The van der Waals surface area contributed by atoms with Crippen LogP contribution in [0.1, 0.15) is 22.3 Å². The van der Waals surface area contributed by atoms with Gasteiger partial charge in [0.2, 0.25) is 0 Å². The van der Waals surface area contributed by atoms with Gasteiger partial charge in [0.15, 0.2) is 17.3 Å². The van der Waals surface area contributed by atoms with E-state index in [2.05, 4.69) is 0 Å². The van der Waals surface area contributed by atoms with Gasteiger partial charge in [-0.1, -0.05) is 41.4 Å². The van der Waals surface area contributed by atoms with E-state index in [1.807, 2.05) is 38.1 Å². The average molecular weight is 427 g/mol. The minimum absolute atomic E-state index is 0.00370. The van der Waals surface area contributed by atoms with E-state index in [4.69, 9.17) is 32.7 Å².